The van der Waals surface area contributed by atoms with E-state index in [0.29, 0.717) is 19.3 Å². The molecule has 0 unspecified atom stereocenters. The van der Waals surface area contributed by atoms with Gasteiger partial charge in [0.15, 0.2) is 0 Å². The minimum Gasteiger partial charge on any atom is -0.497 e. The fourth-order valence-corrected chi connectivity index (χ4v) is 4.90. The number of methoxy groups -OCH3 is 1. The van der Waals surface area contributed by atoms with E-state index in [-0.39, 0.29) is 23.5 Å². The van der Waals surface area contributed by atoms with E-state index in [1.807, 2.05) is 6.07 Å². The predicted molar refractivity (Wildman–Crippen MR) is 86.9 cm³/mol. The molecule has 128 valence electrons. The average molecular weight is 329 g/mol. The van der Waals surface area contributed by atoms with Gasteiger partial charge in [-0.1, -0.05) is 6.07 Å². The Morgan fingerprint density at radius 1 is 1.38 bits per heavy atom. The lowest BCUT2D eigenvalue weighted by molar-refractivity contribution is -0.222. The van der Waals surface area contributed by atoms with Gasteiger partial charge >= 0.3 is 0 Å². The number of ether oxygens (including phenoxy) is 3. The molecule has 1 aromatic carbocycles. The fraction of sp³-hybridized carbons (Fsp3) is 0.632. The molecule has 1 aromatic rings. The second-order valence-corrected chi connectivity index (χ2v) is 7.56. The number of hydrogen-bond acceptors (Lipinski definition) is 4. The first-order valence-electron chi connectivity index (χ1n) is 8.90. The van der Waals surface area contributed by atoms with E-state index in [1.165, 1.54) is 11.1 Å². The summed E-state index contributed by atoms with van der Waals surface area (Å²) < 4.78 is 17.3. The van der Waals surface area contributed by atoms with Crippen LogP contribution in [-0.4, -0.2) is 50.0 Å². The molecule has 0 radical (unpaired) electrons. The van der Waals surface area contributed by atoms with Crippen molar-refractivity contribution >= 4 is 5.91 Å². The lowest BCUT2D eigenvalue weighted by Crippen LogP contribution is -2.68. The zero-order valence-electron chi connectivity index (χ0n) is 14.0. The predicted octanol–water partition coefficient (Wildman–Crippen LogP) is 1.87. The second-order valence-electron chi connectivity index (χ2n) is 7.56. The normalized spacial score (nSPS) is 34.3. The van der Waals surface area contributed by atoms with E-state index in [1.54, 1.807) is 7.11 Å². The quantitative estimate of drug-likeness (QED) is 0.831. The first-order chi connectivity index (χ1) is 11.7. The van der Waals surface area contributed by atoms with E-state index in [2.05, 4.69) is 17.0 Å². The molecule has 2 aliphatic heterocycles. The lowest BCUT2D eigenvalue weighted by atomic mass is 9.61. The first kappa shape index (κ1) is 14.7. The Morgan fingerprint density at radius 2 is 2.25 bits per heavy atom. The Bertz CT molecular complexity index is 686. The number of carbonyl (C=O) groups is 1. The molecule has 5 rings (SSSR count). The summed E-state index contributed by atoms with van der Waals surface area (Å²) in [7, 11) is 1.70. The first-order valence-corrected chi connectivity index (χ1v) is 8.90. The highest BCUT2D eigenvalue weighted by molar-refractivity contribution is 5.82. The van der Waals surface area contributed by atoms with E-state index in [4.69, 9.17) is 14.2 Å². The number of nitrogens with zero attached hydrogens (tertiary/aromatic N) is 1. The fourth-order valence-electron chi connectivity index (χ4n) is 4.90. The Labute approximate surface area is 141 Å². The van der Waals surface area contributed by atoms with Crippen LogP contribution in [0.3, 0.4) is 0 Å². The van der Waals surface area contributed by atoms with Crippen LogP contribution >= 0.6 is 0 Å². The maximum absolute atomic E-state index is 12.8. The minimum absolute atomic E-state index is 0.0299. The van der Waals surface area contributed by atoms with Gasteiger partial charge in [-0.2, -0.15) is 0 Å². The summed E-state index contributed by atoms with van der Waals surface area (Å²) in [6.07, 6.45) is 3.89. The smallest absolute Gasteiger partial charge is 0.226 e. The summed E-state index contributed by atoms with van der Waals surface area (Å²) in [5, 5.41) is 0. The Morgan fingerprint density at radius 3 is 3.04 bits per heavy atom. The second kappa shape index (κ2) is 5.20. The summed E-state index contributed by atoms with van der Waals surface area (Å²) in [5.41, 5.74) is 2.45. The molecule has 2 bridgehead atoms. The highest BCUT2D eigenvalue weighted by Gasteiger charge is 2.57. The summed E-state index contributed by atoms with van der Waals surface area (Å²) >= 11 is 0. The van der Waals surface area contributed by atoms with Crippen molar-refractivity contribution in [1.82, 2.24) is 4.90 Å². The molecule has 0 aromatic heterocycles. The van der Waals surface area contributed by atoms with Gasteiger partial charge in [0.05, 0.1) is 25.9 Å². The van der Waals surface area contributed by atoms with Crippen molar-refractivity contribution in [2.75, 3.05) is 27.1 Å². The third kappa shape index (κ3) is 1.97. The van der Waals surface area contributed by atoms with Gasteiger partial charge in [-0.3, -0.25) is 4.79 Å². The molecular formula is C19H23NO4. The van der Waals surface area contributed by atoms with E-state index >= 15 is 0 Å². The number of rotatable bonds is 2. The van der Waals surface area contributed by atoms with Crippen LogP contribution in [0.1, 0.15) is 30.4 Å². The zero-order valence-corrected chi connectivity index (χ0v) is 14.0. The van der Waals surface area contributed by atoms with Gasteiger partial charge in [0.2, 0.25) is 5.91 Å². The summed E-state index contributed by atoms with van der Waals surface area (Å²) in [5.74, 6) is 1.47. The van der Waals surface area contributed by atoms with Crippen molar-refractivity contribution in [1.29, 1.82) is 0 Å². The van der Waals surface area contributed by atoms with Gasteiger partial charge in [0, 0.05) is 17.9 Å². The van der Waals surface area contributed by atoms with Crippen LogP contribution in [0, 0.1) is 5.92 Å². The van der Waals surface area contributed by atoms with Crippen molar-refractivity contribution in [3.63, 3.8) is 0 Å². The Hall–Kier alpha value is -1.59. The van der Waals surface area contributed by atoms with E-state index in [9.17, 15) is 4.79 Å². The van der Waals surface area contributed by atoms with Crippen LogP contribution < -0.4 is 4.74 Å². The molecule has 2 aliphatic carbocycles. The molecule has 0 N–H and O–H groups in total. The van der Waals surface area contributed by atoms with Crippen LogP contribution in [0.4, 0.5) is 0 Å². The van der Waals surface area contributed by atoms with Gasteiger partial charge in [0.25, 0.3) is 0 Å². The molecule has 4 aliphatic rings. The zero-order chi connectivity index (χ0) is 16.3. The van der Waals surface area contributed by atoms with E-state index < -0.39 is 0 Å². The molecule has 3 fully saturated rings. The van der Waals surface area contributed by atoms with Crippen molar-refractivity contribution in [3.05, 3.63) is 29.3 Å². The average Bonchev–Trinajstić information content (AvgIpc) is 3.46. The standard InChI is InChI=1S/C19H23NO4/c1-22-14-5-4-13-8-16-17-19(15(13)9-14,10-23-11-24-17)6-7-20(16)18(21)12-2-3-12/h4-5,9,12,16-17H,2-3,6-8,10-11H2,1H3/t16-,17+,19-/m1/s1. The van der Waals surface area contributed by atoms with Crippen LogP contribution in [0.5, 0.6) is 5.75 Å². The number of amides is 1. The van der Waals surface area contributed by atoms with Crippen LogP contribution in [-0.2, 0) is 26.1 Å². The SMILES string of the molecule is COc1ccc2c(c1)[C@]13CCN(C(=O)C4CC4)[C@H](C2)[C@@H]1OCOC3. The maximum Gasteiger partial charge on any atom is 0.226 e. The van der Waals surface area contributed by atoms with Crippen molar-refractivity contribution in [2.24, 2.45) is 5.92 Å². The van der Waals surface area contributed by atoms with Crippen LogP contribution in [0.2, 0.25) is 0 Å². The number of piperidine rings is 1. The van der Waals surface area contributed by atoms with Crippen LogP contribution in [0.15, 0.2) is 18.2 Å². The van der Waals surface area contributed by atoms with Crippen molar-refractivity contribution in [2.45, 2.75) is 43.2 Å². The minimum atomic E-state index is -0.147. The molecule has 1 saturated carbocycles. The molecule has 2 saturated heterocycles. The number of fused-ring (bicyclic) bond motifs is 1. The number of hydrogen-bond donors (Lipinski definition) is 0. The largest absolute Gasteiger partial charge is 0.497 e. The molecule has 3 atom stereocenters. The summed E-state index contributed by atoms with van der Waals surface area (Å²) in [6, 6.07) is 6.45. The summed E-state index contributed by atoms with van der Waals surface area (Å²) in [4.78, 5) is 14.9. The molecule has 1 amide bonds. The highest BCUT2D eigenvalue weighted by Crippen LogP contribution is 2.50. The Balaban J connectivity index is 1.59. The number of carbonyl (C=O) groups excluding carboxylic acids is 1. The van der Waals surface area contributed by atoms with Gasteiger partial charge in [0.1, 0.15) is 12.5 Å². The summed E-state index contributed by atoms with van der Waals surface area (Å²) in [6.45, 7) is 1.80. The maximum atomic E-state index is 12.8. The third-order valence-corrected chi connectivity index (χ3v) is 6.28. The van der Waals surface area contributed by atoms with Gasteiger partial charge in [-0.15, -0.1) is 0 Å². The molecule has 24 heavy (non-hydrogen) atoms. The van der Waals surface area contributed by atoms with Gasteiger partial charge < -0.3 is 19.1 Å². The molecule has 2 heterocycles. The topological polar surface area (TPSA) is 48.0 Å². The Kier molecular flexibility index (Phi) is 3.19. The number of benzene rings is 1. The molecule has 5 heteroatoms. The van der Waals surface area contributed by atoms with Crippen molar-refractivity contribution in [3.8, 4) is 5.75 Å². The van der Waals surface area contributed by atoms with Gasteiger partial charge in [-0.25, -0.2) is 0 Å². The molecule has 0 spiro atoms. The monoisotopic (exact) mass is 329 g/mol. The molecule has 5 nitrogen and oxygen atoms in total. The highest BCUT2D eigenvalue weighted by atomic mass is 16.7. The van der Waals surface area contributed by atoms with Crippen molar-refractivity contribution < 1.29 is 19.0 Å². The third-order valence-electron chi connectivity index (χ3n) is 6.28. The lowest BCUT2D eigenvalue weighted by Gasteiger charge is -2.57. The number of likely N-dealkylation sites (tertiary alicyclic amines) is 1. The van der Waals surface area contributed by atoms with Crippen LogP contribution in [0.25, 0.3) is 0 Å². The molecular weight excluding hydrogens is 306 g/mol. The van der Waals surface area contributed by atoms with Gasteiger partial charge in [-0.05, 0) is 48.9 Å². The van der Waals surface area contributed by atoms with E-state index in [0.717, 1.165) is 38.0 Å².